The number of anilines is 1. The van der Waals surface area contributed by atoms with E-state index in [4.69, 9.17) is 0 Å². The van der Waals surface area contributed by atoms with Crippen LogP contribution in [0.3, 0.4) is 0 Å². The minimum atomic E-state index is -0.517. The molecule has 0 spiro atoms. The molecule has 0 N–H and O–H groups in total. The molecule has 0 unspecified atom stereocenters. The van der Waals surface area contributed by atoms with E-state index >= 15 is 0 Å². The number of hydrogen-bond donors (Lipinski definition) is 0. The first-order valence-corrected chi connectivity index (χ1v) is 8.34. The molecule has 5 heteroatoms. The van der Waals surface area contributed by atoms with E-state index in [1.807, 2.05) is 13.8 Å². The minimum Gasteiger partial charge on any atom is -0.327 e. The maximum Gasteiger partial charge on any atom is 0.256 e. The zero-order valence-electron chi connectivity index (χ0n) is 13.6. The zero-order valence-corrected chi connectivity index (χ0v) is 13.6. The minimum absolute atomic E-state index is 0.141. The van der Waals surface area contributed by atoms with E-state index in [9.17, 15) is 14.4 Å². The first-order valence-electron chi connectivity index (χ1n) is 8.34. The van der Waals surface area contributed by atoms with Crippen LogP contribution in [-0.2, 0) is 9.59 Å². The molecule has 0 aliphatic carbocycles. The molecule has 3 rings (SSSR count). The van der Waals surface area contributed by atoms with E-state index in [0.717, 1.165) is 12.8 Å². The monoisotopic (exact) mass is 314 g/mol. The summed E-state index contributed by atoms with van der Waals surface area (Å²) < 4.78 is 0. The van der Waals surface area contributed by atoms with Crippen LogP contribution < -0.4 is 4.90 Å². The zero-order chi connectivity index (χ0) is 16.6. The van der Waals surface area contributed by atoms with Crippen molar-refractivity contribution >= 4 is 23.4 Å². The topological polar surface area (TPSA) is 57.7 Å². The number of piperidine rings is 1. The third-order valence-corrected chi connectivity index (χ3v) is 4.90. The Morgan fingerprint density at radius 2 is 2.00 bits per heavy atom. The van der Waals surface area contributed by atoms with Gasteiger partial charge in [0.2, 0.25) is 5.91 Å². The Kier molecular flexibility index (Phi) is 4.20. The van der Waals surface area contributed by atoms with Crippen LogP contribution in [0.4, 0.5) is 5.69 Å². The molecule has 0 bridgehead atoms. The molecule has 23 heavy (non-hydrogen) atoms. The molecule has 3 amide bonds. The van der Waals surface area contributed by atoms with Crippen molar-refractivity contribution in [3.05, 3.63) is 29.8 Å². The summed E-state index contributed by atoms with van der Waals surface area (Å²) in [7, 11) is 0. The number of para-hydroxylation sites is 1. The summed E-state index contributed by atoms with van der Waals surface area (Å²) in [6.07, 6.45) is 3.09. The van der Waals surface area contributed by atoms with Gasteiger partial charge in [-0.1, -0.05) is 26.0 Å². The van der Waals surface area contributed by atoms with Crippen LogP contribution >= 0.6 is 0 Å². The molecule has 2 aliphatic rings. The van der Waals surface area contributed by atoms with E-state index < -0.39 is 6.04 Å². The molecule has 2 heterocycles. The molecule has 0 radical (unpaired) electrons. The second kappa shape index (κ2) is 6.14. The van der Waals surface area contributed by atoms with Crippen LogP contribution in [0, 0.1) is 5.92 Å². The van der Waals surface area contributed by atoms with Gasteiger partial charge in [-0.3, -0.25) is 14.4 Å². The molecule has 1 saturated heterocycles. The number of hydrogen-bond acceptors (Lipinski definition) is 3. The fourth-order valence-electron chi connectivity index (χ4n) is 3.33. The third-order valence-electron chi connectivity index (χ3n) is 4.90. The lowest BCUT2D eigenvalue weighted by Gasteiger charge is -2.34. The van der Waals surface area contributed by atoms with Crippen LogP contribution in [-0.4, -0.2) is 35.2 Å². The van der Waals surface area contributed by atoms with Crippen LogP contribution in [0.25, 0.3) is 0 Å². The molecule has 0 saturated carbocycles. The Morgan fingerprint density at radius 1 is 1.26 bits per heavy atom. The van der Waals surface area contributed by atoms with Gasteiger partial charge in [0.05, 0.1) is 11.3 Å². The van der Waals surface area contributed by atoms with Gasteiger partial charge < -0.3 is 4.90 Å². The second-order valence-corrected chi connectivity index (χ2v) is 6.35. The van der Waals surface area contributed by atoms with Crippen molar-refractivity contribution in [2.24, 2.45) is 5.92 Å². The highest BCUT2D eigenvalue weighted by molar-refractivity contribution is 6.22. The summed E-state index contributed by atoms with van der Waals surface area (Å²) in [6, 6.07) is 6.43. The number of fused-ring (bicyclic) bond motifs is 2. The second-order valence-electron chi connectivity index (χ2n) is 6.35. The fourth-order valence-corrected chi connectivity index (χ4v) is 3.33. The van der Waals surface area contributed by atoms with Gasteiger partial charge >= 0.3 is 0 Å². The SMILES string of the molecule is CC[C@H](C)C(=O)N1C(=O)[C@@H]2CCCCN2C(=O)c2ccccc21. The van der Waals surface area contributed by atoms with E-state index in [1.165, 1.54) is 4.90 Å². The van der Waals surface area contributed by atoms with E-state index in [1.54, 1.807) is 29.2 Å². The van der Waals surface area contributed by atoms with E-state index in [2.05, 4.69) is 0 Å². The molecule has 0 aromatic heterocycles. The van der Waals surface area contributed by atoms with Gasteiger partial charge in [-0.25, -0.2) is 4.90 Å². The highest BCUT2D eigenvalue weighted by atomic mass is 16.2. The van der Waals surface area contributed by atoms with Gasteiger partial charge in [-0.05, 0) is 37.8 Å². The molecule has 2 atom stereocenters. The van der Waals surface area contributed by atoms with Crippen molar-refractivity contribution in [3.63, 3.8) is 0 Å². The smallest absolute Gasteiger partial charge is 0.256 e. The summed E-state index contributed by atoms with van der Waals surface area (Å²) in [5.74, 6) is -0.867. The lowest BCUT2D eigenvalue weighted by atomic mass is 10.0. The highest BCUT2D eigenvalue weighted by Gasteiger charge is 2.43. The number of amides is 3. The normalized spacial score (nSPS) is 22.3. The number of nitrogens with zero attached hydrogens (tertiary/aromatic N) is 2. The number of rotatable bonds is 2. The standard InChI is InChI=1S/C18H22N2O3/c1-3-12(2)16(21)20-14-9-5-4-8-13(14)17(22)19-11-7-6-10-15(19)18(20)23/h4-5,8-9,12,15H,3,6-7,10-11H2,1-2H3/t12-,15-/m0/s1. The Hall–Kier alpha value is -2.17. The van der Waals surface area contributed by atoms with Gasteiger partial charge in [0, 0.05) is 12.5 Å². The van der Waals surface area contributed by atoms with Gasteiger partial charge in [-0.15, -0.1) is 0 Å². The first kappa shape index (κ1) is 15.7. The van der Waals surface area contributed by atoms with Crippen LogP contribution in [0.5, 0.6) is 0 Å². The number of carbonyl (C=O) groups is 3. The van der Waals surface area contributed by atoms with Gasteiger partial charge in [-0.2, -0.15) is 0 Å². The summed E-state index contributed by atoms with van der Waals surface area (Å²) >= 11 is 0. The van der Waals surface area contributed by atoms with Crippen LogP contribution in [0.15, 0.2) is 24.3 Å². The summed E-state index contributed by atoms with van der Waals surface area (Å²) in [5.41, 5.74) is 0.879. The van der Waals surface area contributed by atoms with Crippen LogP contribution in [0.2, 0.25) is 0 Å². The predicted molar refractivity (Wildman–Crippen MR) is 87.1 cm³/mol. The highest BCUT2D eigenvalue weighted by Crippen LogP contribution is 2.32. The lowest BCUT2D eigenvalue weighted by molar-refractivity contribution is -0.131. The van der Waals surface area contributed by atoms with E-state index in [0.29, 0.717) is 30.6 Å². The molecule has 1 fully saturated rings. The third kappa shape index (κ3) is 2.54. The van der Waals surface area contributed by atoms with Crippen molar-refractivity contribution in [2.75, 3.05) is 11.4 Å². The maximum absolute atomic E-state index is 13.1. The van der Waals surface area contributed by atoms with Crippen molar-refractivity contribution < 1.29 is 14.4 Å². The number of carbonyl (C=O) groups excluding carboxylic acids is 3. The summed E-state index contributed by atoms with van der Waals surface area (Å²) in [4.78, 5) is 41.6. The van der Waals surface area contributed by atoms with Gasteiger partial charge in [0.25, 0.3) is 11.8 Å². The lowest BCUT2D eigenvalue weighted by Crippen LogP contribution is -2.52. The molecule has 1 aromatic carbocycles. The molecule has 1 aromatic rings. The summed E-state index contributed by atoms with van der Waals surface area (Å²) in [6.45, 7) is 4.33. The van der Waals surface area contributed by atoms with Crippen LogP contribution in [0.1, 0.15) is 49.9 Å². The number of benzene rings is 1. The Balaban J connectivity index is 2.13. The molecule has 122 valence electrons. The Labute approximate surface area is 136 Å². The van der Waals surface area contributed by atoms with Gasteiger partial charge in [0.15, 0.2) is 0 Å². The Bertz CT molecular complexity index is 655. The molecule has 5 nitrogen and oxygen atoms in total. The van der Waals surface area contributed by atoms with E-state index in [-0.39, 0.29) is 23.6 Å². The largest absolute Gasteiger partial charge is 0.327 e. The van der Waals surface area contributed by atoms with Crippen molar-refractivity contribution in [2.45, 2.75) is 45.6 Å². The average molecular weight is 314 g/mol. The average Bonchev–Trinajstić information content (AvgIpc) is 2.69. The molecular weight excluding hydrogens is 292 g/mol. The van der Waals surface area contributed by atoms with Gasteiger partial charge in [0.1, 0.15) is 6.04 Å². The molecular formula is C18H22N2O3. The van der Waals surface area contributed by atoms with Crippen molar-refractivity contribution in [3.8, 4) is 0 Å². The summed E-state index contributed by atoms with van der Waals surface area (Å²) in [5, 5.41) is 0. The maximum atomic E-state index is 13.1. The number of imide groups is 1. The van der Waals surface area contributed by atoms with Crippen molar-refractivity contribution in [1.82, 2.24) is 4.90 Å². The first-order chi connectivity index (χ1) is 11.1. The quantitative estimate of drug-likeness (QED) is 0.843. The molecule has 2 aliphatic heterocycles. The predicted octanol–water partition coefficient (Wildman–Crippen LogP) is 2.60. The fraction of sp³-hybridized carbons (Fsp3) is 0.500. The van der Waals surface area contributed by atoms with Crippen molar-refractivity contribution in [1.29, 1.82) is 0 Å². The Morgan fingerprint density at radius 3 is 2.74 bits per heavy atom.